The van der Waals surface area contributed by atoms with Crippen LogP contribution < -0.4 is 0 Å². The van der Waals surface area contributed by atoms with Crippen LogP contribution in [0.2, 0.25) is 0 Å². The fourth-order valence-corrected chi connectivity index (χ4v) is 4.81. The number of furan rings is 1. The molecule has 0 bridgehead atoms. The van der Waals surface area contributed by atoms with Gasteiger partial charge in [-0.05, 0) is 31.9 Å². The van der Waals surface area contributed by atoms with Gasteiger partial charge in [0, 0.05) is 19.5 Å². The van der Waals surface area contributed by atoms with Crippen molar-refractivity contribution in [3.63, 3.8) is 0 Å². The molecule has 0 aromatic carbocycles. The Balaban J connectivity index is 1.62. The standard InChI is InChI=1S/C19H24N4O4S/c1-3-14-20-19-23(21-14)17(24)16(28-19)15(13-6-5-11-27-13)22-9-7-12(8-10-22)18(25)26-4-2/h5-6,11-12,15,24H,3-4,7-10H2,1-2H3/t15-/m0/s1. The van der Waals surface area contributed by atoms with Crippen LogP contribution in [0.5, 0.6) is 5.88 Å². The lowest BCUT2D eigenvalue weighted by molar-refractivity contribution is -0.149. The van der Waals surface area contributed by atoms with Gasteiger partial charge in [0.1, 0.15) is 11.8 Å². The van der Waals surface area contributed by atoms with Crippen LogP contribution >= 0.6 is 11.3 Å². The van der Waals surface area contributed by atoms with Crippen molar-refractivity contribution in [2.75, 3.05) is 19.7 Å². The maximum atomic E-state index is 12.1. The highest BCUT2D eigenvalue weighted by Crippen LogP contribution is 2.41. The van der Waals surface area contributed by atoms with Gasteiger partial charge in [-0.2, -0.15) is 4.52 Å². The van der Waals surface area contributed by atoms with Crippen molar-refractivity contribution in [2.24, 2.45) is 5.92 Å². The number of ether oxygens (including phenoxy) is 1. The Kier molecular flexibility index (Phi) is 5.36. The highest BCUT2D eigenvalue weighted by atomic mass is 32.1. The molecule has 4 heterocycles. The first kappa shape index (κ1) is 18.9. The molecule has 1 N–H and O–H groups in total. The van der Waals surface area contributed by atoms with Gasteiger partial charge in [-0.15, -0.1) is 5.10 Å². The number of fused-ring (bicyclic) bond motifs is 1. The lowest BCUT2D eigenvalue weighted by Gasteiger charge is -2.35. The summed E-state index contributed by atoms with van der Waals surface area (Å²) in [5.41, 5.74) is 0. The fourth-order valence-electron chi connectivity index (χ4n) is 3.69. The highest BCUT2D eigenvalue weighted by molar-refractivity contribution is 7.17. The van der Waals surface area contributed by atoms with Crippen molar-refractivity contribution in [3.05, 3.63) is 34.9 Å². The molecule has 0 radical (unpaired) electrons. The molecule has 1 aliphatic rings. The summed E-state index contributed by atoms with van der Waals surface area (Å²) in [4.78, 5) is 20.2. The van der Waals surface area contributed by atoms with Crippen LogP contribution in [-0.2, 0) is 16.0 Å². The van der Waals surface area contributed by atoms with E-state index in [9.17, 15) is 9.90 Å². The second-order valence-corrected chi connectivity index (χ2v) is 7.86. The molecule has 1 aliphatic heterocycles. The Morgan fingerprint density at radius 2 is 2.21 bits per heavy atom. The van der Waals surface area contributed by atoms with Crippen molar-refractivity contribution >= 4 is 22.3 Å². The van der Waals surface area contributed by atoms with Crippen molar-refractivity contribution in [3.8, 4) is 5.88 Å². The molecule has 1 fully saturated rings. The van der Waals surface area contributed by atoms with Gasteiger partial charge in [-0.3, -0.25) is 9.69 Å². The summed E-state index contributed by atoms with van der Waals surface area (Å²) in [5.74, 6) is 1.37. The first-order valence-electron chi connectivity index (χ1n) is 9.63. The number of hydrogen-bond acceptors (Lipinski definition) is 8. The van der Waals surface area contributed by atoms with Crippen LogP contribution in [0.15, 0.2) is 22.8 Å². The largest absolute Gasteiger partial charge is 0.492 e. The van der Waals surface area contributed by atoms with Gasteiger partial charge in [0.15, 0.2) is 5.82 Å². The summed E-state index contributed by atoms with van der Waals surface area (Å²) in [6, 6.07) is 3.52. The van der Waals surface area contributed by atoms with Crippen molar-refractivity contribution in [1.82, 2.24) is 19.5 Å². The van der Waals surface area contributed by atoms with Crippen LogP contribution in [0.3, 0.4) is 0 Å². The molecule has 4 rings (SSSR count). The van der Waals surface area contributed by atoms with Crippen LogP contribution in [0.4, 0.5) is 0 Å². The minimum absolute atomic E-state index is 0.0727. The van der Waals surface area contributed by atoms with Gasteiger partial charge < -0.3 is 14.3 Å². The number of rotatable bonds is 6. The van der Waals surface area contributed by atoms with Gasteiger partial charge in [0.05, 0.1) is 23.7 Å². The number of nitrogens with zero attached hydrogens (tertiary/aromatic N) is 4. The molecule has 0 saturated carbocycles. The molecular formula is C19H24N4O4S. The third-order valence-electron chi connectivity index (χ3n) is 5.14. The first-order valence-corrected chi connectivity index (χ1v) is 10.4. The Bertz CT molecular complexity index is 941. The molecule has 28 heavy (non-hydrogen) atoms. The third kappa shape index (κ3) is 3.40. The number of thiazole rings is 1. The minimum atomic E-state index is -0.239. The Labute approximate surface area is 166 Å². The molecule has 3 aromatic heterocycles. The lowest BCUT2D eigenvalue weighted by atomic mass is 9.95. The number of aromatic nitrogens is 3. The number of carbonyl (C=O) groups excluding carboxylic acids is 1. The molecule has 1 saturated heterocycles. The zero-order valence-electron chi connectivity index (χ0n) is 16.0. The first-order chi connectivity index (χ1) is 13.6. The average Bonchev–Trinajstić information content (AvgIpc) is 3.42. The normalized spacial score (nSPS) is 17.2. The lowest BCUT2D eigenvalue weighted by Crippen LogP contribution is -2.39. The molecule has 0 unspecified atom stereocenters. The number of aryl methyl sites for hydroxylation is 1. The van der Waals surface area contributed by atoms with Gasteiger partial charge in [-0.1, -0.05) is 18.3 Å². The smallest absolute Gasteiger partial charge is 0.309 e. The predicted molar refractivity (Wildman–Crippen MR) is 103 cm³/mol. The third-order valence-corrected chi connectivity index (χ3v) is 6.21. The molecule has 0 aliphatic carbocycles. The van der Waals surface area contributed by atoms with Crippen LogP contribution in [0.25, 0.3) is 4.96 Å². The predicted octanol–water partition coefficient (Wildman–Crippen LogP) is 3.02. The quantitative estimate of drug-likeness (QED) is 0.631. The number of hydrogen-bond donors (Lipinski definition) is 1. The number of piperidine rings is 1. The summed E-state index contributed by atoms with van der Waals surface area (Å²) in [5, 5.41) is 15.2. The van der Waals surface area contributed by atoms with Crippen molar-refractivity contribution in [2.45, 2.75) is 39.2 Å². The van der Waals surface area contributed by atoms with Crippen molar-refractivity contribution < 1.29 is 19.1 Å². The van der Waals surface area contributed by atoms with Gasteiger partial charge >= 0.3 is 5.97 Å². The number of esters is 1. The minimum Gasteiger partial charge on any atom is -0.492 e. The zero-order valence-corrected chi connectivity index (χ0v) is 16.8. The van der Waals surface area contributed by atoms with E-state index in [-0.39, 0.29) is 23.8 Å². The van der Waals surface area contributed by atoms with E-state index >= 15 is 0 Å². The summed E-state index contributed by atoms with van der Waals surface area (Å²) in [6.45, 7) is 5.64. The van der Waals surface area contributed by atoms with E-state index < -0.39 is 0 Å². The average molecular weight is 404 g/mol. The van der Waals surface area contributed by atoms with E-state index in [4.69, 9.17) is 9.15 Å². The molecule has 0 amide bonds. The molecule has 1 atom stereocenters. The van der Waals surface area contributed by atoms with Crippen LogP contribution in [0, 0.1) is 5.92 Å². The SMILES string of the molecule is CCOC(=O)C1CCN([C@@H](c2ccco2)c2sc3nc(CC)nn3c2O)CC1. The maximum absolute atomic E-state index is 12.1. The highest BCUT2D eigenvalue weighted by Gasteiger charge is 2.35. The Morgan fingerprint density at radius 3 is 2.82 bits per heavy atom. The molecule has 9 heteroatoms. The number of likely N-dealkylation sites (tertiary alicyclic amines) is 1. The topological polar surface area (TPSA) is 93.1 Å². The van der Waals surface area contributed by atoms with Crippen LogP contribution in [-0.4, -0.2) is 50.3 Å². The summed E-state index contributed by atoms with van der Waals surface area (Å²) >= 11 is 1.42. The second-order valence-electron chi connectivity index (χ2n) is 6.85. The molecule has 150 valence electrons. The van der Waals surface area contributed by atoms with Gasteiger partial charge in [-0.25, -0.2) is 4.98 Å². The Morgan fingerprint density at radius 1 is 1.43 bits per heavy atom. The van der Waals surface area contributed by atoms with Gasteiger partial charge in [0.25, 0.3) is 0 Å². The molecule has 3 aromatic rings. The molecular weight excluding hydrogens is 380 g/mol. The van der Waals surface area contributed by atoms with Gasteiger partial charge in [0.2, 0.25) is 10.8 Å². The second kappa shape index (κ2) is 7.92. The fraction of sp³-hybridized carbons (Fsp3) is 0.526. The van der Waals surface area contributed by atoms with E-state index in [1.807, 2.05) is 26.0 Å². The van der Waals surface area contributed by atoms with E-state index in [0.29, 0.717) is 36.9 Å². The molecule has 8 nitrogen and oxygen atoms in total. The van der Waals surface area contributed by atoms with E-state index in [0.717, 1.165) is 23.5 Å². The number of carbonyl (C=O) groups is 1. The monoisotopic (exact) mass is 404 g/mol. The summed E-state index contributed by atoms with van der Waals surface area (Å²) < 4.78 is 12.4. The summed E-state index contributed by atoms with van der Waals surface area (Å²) in [6.07, 6.45) is 3.79. The van der Waals surface area contributed by atoms with Crippen molar-refractivity contribution in [1.29, 1.82) is 0 Å². The summed E-state index contributed by atoms with van der Waals surface area (Å²) in [7, 11) is 0. The van der Waals surface area contributed by atoms with Crippen LogP contribution in [0.1, 0.15) is 49.2 Å². The van der Waals surface area contributed by atoms with E-state index in [2.05, 4.69) is 15.0 Å². The van der Waals surface area contributed by atoms with E-state index in [1.165, 1.54) is 15.9 Å². The zero-order chi connectivity index (χ0) is 19.7. The number of aromatic hydroxyl groups is 1. The maximum Gasteiger partial charge on any atom is 0.309 e. The Hall–Kier alpha value is -2.39. The van der Waals surface area contributed by atoms with E-state index in [1.54, 1.807) is 6.26 Å². The molecule has 0 spiro atoms.